The zero-order chi connectivity index (χ0) is 35.6. The monoisotopic (exact) mass is 692 g/mol. The topological polar surface area (TPSA) is 116 Å². The fourth-order valence-electron chi connectivity index (χ4n) is 6.34. The van der Waals surface area contributed by atoms with Crippen molar-refractivity contribution in [2.45, 2.75) is 101 Å². The molecule has 2 N–H and O–H groups in total. The van der Waals surface area contributed by atoms with Gasteiger partial charge in [0.15, 0.2) is 0 Å². The Morgan fingerprint density at radius 2 is 1.69 bits per heavy atom. The SMILES string of the molecule is CO[C@]1(c2ccccc2)C[C@H](C(=O)Nc2cc([C@](CCC3CC3)(N[S+]([O-])C(C)(C)C)c3ccncc3)ccc2F)N(C(=O)OC(C)(C)C)C1. The summed E-state index contributed by atoms with van der Waals surface area (Å²) in [6.07, 6.45) is 6.61. The number of halogens is 1. The fourth-order valence-corrected chi connectivity index (χ4v) is 7.30. The lowest BCUT2D eigenvalue weighted by atomic mass is 9.79. The summed E-state index contributed by atoms with van der Waals surface area (Å²) in [5.41, 5.74) is -0.504. The first-order valence-corrected chi connectivity index (χ1v) is 18.0. The predicted octanol–water partition coefficient (Wildman–Crippen LogP) is 7.20. The van der Waals surface area contributed by atoms with Crippen LogP contribution in [0.3, 0.4) is 0 Å². The second-order valence-corrected chi connectivity index (χ2v) is 17.1. The number of amides is 2. The van der Waals surface area contributed by atoms with Gasteiger partial charge in [-0.05, 0) is 101 Å². The second-order valence-electron chi connectivity index (χ2n) is 15.2. The van der Waals surface area contributed by atoms with E-state index in [1.165, 1.54) is 11.0 Å². The van der Waals surface area contributed by atoms with E-state index < -0.39 is 56.7 Å². The maximum absolute atomic E-state index is 15.7. The van der Waals surface area contributed by atoms with Crippen LogP contribution in [0.25, 0.3) is 0 Å². The van der Waals surface area contributed by atoms with Crippen LogP contribution in [0.5, 0.6) is 0 Å². The molecule has 2 heterocycles. The molecule has 0 bridgehead atoms. The van der Waals surface area contributed by atoms with Crippen LogP contribution < -0.4 is 10.0 Å². The van der Waals surface area contributed by atoms with Crippen molar-refractivity contribution in [3.8, 4) is 0 Å². The van der Waals surface area contributed by atoms with Crippen molar-refractivity contribution in [1.29, 1.82) is 0 Å². The van der Waals surface area contributed by atoms with Crippen molar-refractivity contribution in [1.82, 2.24) is 14.6 Å². The molecule has 49 heavy (non-hydrogen) atoms. The van der Waals surface area contributed by atoms with E-state index in [-0.39, 0.29) is 18.7 Å². The summed E-state index contributed by atoms with van der Waals surface area (Å²) in [5.74, 6) is -0.643. The van der Waals surface area contributed by atoms with E-state index >= 15 is 4.39 Å². The Bertz CT molecular complexity index is 1610. The Hall–Kier alpha value is -3.51. The Balaban J connectivity index is 1.53. The minimum atomic E-state index is -1.50. The number of benzene rings is 2. The largest absolute Gasteiger partial charge is 0.598 e. The molecule has 9 nitrogen and oxygen atoms in total. The lowest BCUT2D eigenvalue weighted by molar-refractivity contribution is -0.120. The van der Waals surface area contributed by atoms with Gasteiger partial charge in [0.05, 0.1) is 12.2 Å². The highest BCUT2D eigenvalue weighted by molar-refractivity contribution is 7.90. The Morgan fingerprint density at radius 3 is 2.29 bits per heavy atom. The van der Waals surface area contributed by atoms with Gasteiger partial charge in [-0.3, -0.25) is 14.7 Å². The number of nitrogens with zero attached hydrogens (tertiary/aromatic N) is 2. The zero-order valence-corrected chi connectivity index (χ0v) is 30.4. The summed E-state index contributed by atoms with van der Waals surface area (Å²) in [5, 5.41) is 2.80. The number of likely N-dealkylation sites (tertiary alicyclic amines) is 1. The predicted molar refractivity (Wildman–Crippen MR) is 190 cm³/mol. The maximum Gasteiger partial charge on any atom is 0.411 e. The molecule has 5 rings (SSSR count). The Labute approximate surface area is 292 Å². The average Bonchev–Trinajstić information content (AvgIpc) is 3.80. The third-order valence-electron chi connectivity index (χ3n) is 9.28. The van der Waals surface area contributed by atoms with Crippen molar-refractivity contribution in [3.05, 3.63) is 95.6 Å². The molecule has 4 atom stereocenters. The van der Waals surface area contributed by atoms with Crippen LogP contribution >= 0.6 is 0 Å². The van der Waals surface area contributed by atoms with E-state index in [0.29, 0.717) is 17.9 Å². The summed E-state index contributed by atoms with van der Waals surface area (Å²) in [7, 11) is 1.55. The number of pyridine rings is 1. The highest BCUT2D eigenvalue weighted by atomic mass is 32.2. The van der Waals surface area contributed by atoms with Gasteiger partial charge in [-0.25, -0.2) is 9.18 Å². The van der Waals surface area contributed by atoms with Gasteiger partial charge in [-0.1, -0.05) is 49.2 Å². The second kappa shape index (κ2) is 14.4. The van der Waals surface area contributed by atoms with Gasteiger partial charge in [0, 0.05) is 37.3 Å². The number of hydrogen-bond donors (Lipinski definition) is 2. The standard InChI is InChI=1S/C38H49FN4O5S/c1-35(2,3)48-34(45)43-25-37(47-7,27-11-9-8-10-12-27)24-32(43)33(44)41-31-23-29(15-16-30(31)39)38(20-17-26-13-14-26,28-18-21-40-22-19-28)42-49(46)36(4,5)6/h8-12,15-16,18-19,21-23,26,32,42H,13-14,17,20,24-25H2,1-7H3,(H,41,44)/t32-,37-,38-,49?/m1/s1. The van der Waals surface area contributed by atoms with E-state index in [2.05, 4.69) is 15.0 Å². The number of anilines is 1. The van der Waals surface area contributed by atoms with E-state index in [0.717, 1.165) is 30.4 Å². The number of rotatable bonds is 11. The lowest BCUT2D eigenvalue weighted by Crippen LogP contribution is -2.52. The van der Waals surface area contributed by atoms with Crippen LogP contribution in [0.4, 0.5) is 14.9 Å². The van der Waals surface area contributed by atoms with Gasteiger partial charge in [0.25, 0.3) is 0 Å². The third kappa shape index (κ3) is 8.45. The molecule has 1 unspecified atom stereocenters. The van der Waals surface area contributed by atoms with Crippen LogP contribution in [0.2, 0.25) is 0 Å². The first-order chi connectivity index (χ1) is 23.1. The molecular weight excluding hydrogens is 644 g/mol. The van der Waals surface area contributed by atoms with Crippen LogP contribution in [0.1, 0.15) is 90.3 Å². The molecule has 2 aliphatic rings. The third-order valence-corrected chi connectivity index (χ3v) is 10.9. The molecular formula is C38H49FN4O5S. The van der Waals surface area contributed by atoms with Gasteiger partial charge in [-0.2, -0.15) is 0 Å². The van der Waals surface area contributed by atoms with E-state index in [9.17, 15) is 14.1 Å². The molecule has 3 aromatic rings. The van der Waals surface area contributed by atoms with Crippen molar-refractivity contribution in [2.75, 3.05) is 19.0 Å². The van der Waals surface area contributed by atoms with Gasteiger partial charge >= 0.3 is 6.09 Å². The van der Waals surface area contributed by atoms with Crippen molar-refractivity contribution < 1.29 is 28.0 Å². The minimum Gasteiger partial charge on any atom is -0.598 e. The average molecular weight is 693 g/mol. The highest BCUT2D eigenvalue weighted by Gasteiger charge is 2.51. The van der Waals surface area contributed by atoms with Crippen LogP contribution in [0, 0.1) is 11.7 Å². The first kappa shape index (κ1) is 36.8. The number of nitrogens with one attached hydrogen (secondary N) is 2. The van der Waals surface area contributed by atoms with Gasteiger partial charge in [0.1, 0.15) is 33.3 Å². The molecule has 11 heteroatoms. The molecule has 1 saturated carbocycles. The minimum absolute atomic E-state index is 0.0468. The van der Waals surface area contributed by atoms with E-state index in [1.54, 1.807) is 52.4 Å². The Morgan fingerprint density at radius 1 is 1.02 bits per heavy atom. The molecule has 1 aliphatic heterocycles. The van der Waals surface area contributed by atoms with Gasteiger partial charge < -0.3 is 19.3 Å². The van der Waals surface area contributed by atoms with Gasteiger partial charge in [-0.15, -0.1) is 4.72 Å². The summed E-state index contributed by atoms with van der Waals surface area (Å²) < 4.78 is 44.1. The lowest BCUT2D eigenvalue weighted by Gasteiger charge is -2.39. The van der Waals surface area contributed by atoms with Gasteiger partial charge in [0.2, 0.25) is 5.91 Å². The number of aromatic nitrogens is 1. The molecule has 2 fully saturated rings. The molecule has 2 aromatic carbocycles. The molecule has 1 aromatic heterocycles. The summed E-state index contributed by atoms with van der Waals surface area (Å²) >= 11 is -1.50. The maximum atomic E-state index is 15.7. The number of ether oxygens (including phenoxy) is 2. The normalized spacial score (nSPS) is 21.6. The molecule has 1 saturated heterocycles. The number of methoxy groups -OCH3 is 1. The van der Waals surface area contributed by atoms with E-state index in [4.69, 9.17) is 9.47 Å². The van der Waals surface area contributed by atoms with Crippen molar-refractivity contribution >= 4 is 29.0 Å². The van der Waals surface area contributed by atoms with Crippen LogP contribution in [-0.4, -0.2) is 56.5 Å². The van der Waals surface area contributed by atoms with E-state index in [1.807, 2.05) is 63.2 Å². The Kier molecular flexibility index (Phi) is 10.8. The molecule has 264 valence electrons. The van der Waals surface area contributed by atoms with Crippen LogP contribution in [-0.2, 0) is 36.8 Å². The summed E-state index contributed by atoms with van der Waals surface area (Å²) in [6.45, 7) is 11.1. The molecule has 0 spiro atoms. The molecule has 1 aliphatic carbocycles. The number of carbonyl (C=O) groups excluding carboxylic acids is 2. The number of hydrogen-bond acceptors (Lipinski definition) is 7. The zero-order valence-electron chi connectivity index (χ0n) is 29.5. The first-order valence-electron chi connectivity index (χ1n) is 16.9. The fraction of sp³-hybridized carbons (Fsp3) is 0.500. The highest BCUT2D eigenvalue weighted by Crippen LogP contribution is 2.44. The molecule has 2 amide bonds. The van der Waals surface area contributed by atoms with Crippen LogP contribution in [0.15, 0.2) is 73.1 Å². The summed E-state index contributed by atoms with van der Waals surface area (Å²) in [6, 6.07) is 16.8. The smallest absolute Gasteiger partial charge is 0.411 e. The molecule has 0 radical (unpaired) electrons. The summed E-state index contributed by atoms with van der Waals surface area (Å²) in [4.78, 5) is 33.3. The quantitative estimate of drug-likeness (QED) is 0.204. The number of carbonyl (C=O) groups is 2. The van der Waals surface area contributed by atoms with Crippen molar-refractivity contribution in [3.63, 3.8) is 0 Å². The van der Waals surface area contributed by atoms with Crippen molar-refractivity contribution in [2.24, 2.45) is 5.92 Å².